The van der Waals surface area contributed by atoms with Crippen LogP contribution in [0.4, 0.5) is 0 Å². The standard InChI is InChI=1S/C7H18N2/c1-4-6-7-8-9(3)5-2/h9H,4-7H2,1-3H3. The lowest BCUT2D eigenvalue weighted by atomic mass is 10.3. The fourth-order valence-electron chi connectivity index (χ4n) is 0.540. The van der Waals surface area contributed by atoms with Gasteiger partial charge < -0.3 is 10.4 Å². The highest BCUT2D eigenvalue weighted by atomic mass is 15.5. The maximum absolute atomic E-state index is 4.35. The van der Waals surface area contributed by atoms with E-state index in [1.165, 1.54) is 17.9 Å². The molecule has 0 rings (SSSR count). The van der Waals surface area contributed by atoms with E-state index >= 15 is 0 Å². The molecule has 56 valence electrons. The zero-order chi connectivity index (χ0) is 7.11. The second-order valence-electron chi connectivity index (χ2n) is 2.32. The molecule has 2 heteroatoms. The third kappa shape index (κ3) is 5.80. The molecule has 0 bridgehead atoms. The molecule has 0 spiro atoms. The number of quaternary nitrogens is 1. The fourth-order valence-corrected chi connectivity index (χ4v) is 0.540. The molecule has 1 N–H and O–H groups in total. The lowest BCUT2D eigenvalue weighted by Gasteiger charge is -2.25. The summed E-state index contributed by atoms with van der Waals surface area (Å²) in [4.78, 5) is 0. The van der Waals surface area contributed by atoms with E-state index in [1.54, 1.807) is 0 Å². The van der Waals surface area contributed by atoms with Gasteiger partial charge in [-0.3, -0.25) is 0 Å². The van der Waals surface area contributed by atoms with Crippen molar-refractivity contribution in [2.75, 3.05) is 20.1 Å². The van der Waals surface area contributed by atoms with Gasteiger partial charge in [0.15, 0.2) is 0 Å². The van der Waals surface area contributed by atoms with Gasteiger partial charge in [-0.1, -0.05) is 19.8 Å². The van der Waals surface area contributed by atoms with E-state index in [-0.39, 0.29) is 0 Å². The van der Waals surface area contributed by atoms with Crippen molar-refractivity contribution in [3.63, 3.8) is 0 Å². The topological polar surface area (TPSA) is 18.5 Å². The van der Waals surface area contributed by atoms with E-state index in [9.17, 15) is 0 Å². The van der Waals surface area contributed by atoms with E-state index in [2.05, 4.69) is 26.3 Å². The first-order chi connectivity index (χ1) is 4.31. The lowest BCUT2D eigenvalue weighted by molar-refractivity contribution is -0.839. The maximum atomic E-state index is 4.35. The second kappa shape index (κ2) is 6.05. The van der Waals surface area contributed by atoms with E-state index in [4.69, 9.17) is 0 Å². The minimum Gasteiger partial charge on any atom is -0.455 e. The Morgan fingerprint density at radius 1 is 1.33 bits per heavy atom. The van der Waals surface area contributed by atoms with Gasteiger partial charge in [-0.15, -0.1) is 6.54 Å². The summed E-state index contributed by atoms with van der Waals surface area (Å²) in [6, 6.07) is 0. The van der Waals surface area contributed by atoms with Crippen LogP contribution >= 0.6 is 0 Å². The Bertz CT molecular complexity index is 54.9. The first kappa shape index (κ1) is 8.92. The molecule has 0 aromatic heterocycles. The number of hydrogen-bond donors (Lipinski definition) is 1. The molecular weight excluding hydrogens is 112 g/mol. The van der Waals surface area contributed by atoms with Gasteiger partial charge >= 0.3 is 0 Å². The lowest BCUT2D eigenvalue weighted by Crippen LogP contribution is -3.04. The molecule has 0 aliphatic carbocycles. The Morgan fingerprint density at radius 3 is 2.44 bits per heavy atom. The summed E-state index contributed by atoms with van der Waals surface area (Å²) >= 11 is 0. The third-order valence-electron chi connectivity index (χ3n) is 1.41. The van der Waals surface area contributed by atoms with Crippen LogP contribution in [0.25, 0.3) is 5.43 Å². The van der Waals surface area contributed by atoms with Crippen molar-refractivity contribution in [2.24, 2.45) is 0 Å². The van der Waals surface area contributed by atoms with Gasteiger partial charge in [0.05, 0.1) is 13.6 Å². The molecule has 0 saturated heterocycles. The summed E-state index contributed by atoms with van der Waals surface area (Å²) in [5.41, 5.74) is 4.35. The zero-order valence-electron chi connectivity index (χ0n) is 6.78. The largest absolute Gasteiger partial charge is 0.455 e. The van der Waals surface area contributed by atoms with Gasteiger partial charge in [-0.05, 0) is 6.92 Å². The van der Waals surface area contributed by atoms with Crippen LogP contribution in [0.2, 0.25) is 0 Å². The Morgan fingerprint density at radius 2 is 2.00 bits per heavy atom. The first-order valence-corrected chi connectivity index (χ1v) is 3.81. The van der Waals surface area contributed by atoms with Gasteiger partial charge in [0.1, 0.15) is 0 Å². The highest BCUT2D eigenvalue weighted by Crippen LogP contribution is 1.86. The number of unbranched alkanes of at least 4 members (excludes halogenated alkanes) is 1. The quantitative estimate of drug-likeness (QED) is 0.415. The van der Waals surface area contributed by atoms with Crippen molar-refractivity contribution in [2.45, 2.75) is 26.7 Å². The van der Waals surface area contributed by atoms with Crippen molar-refractivity contribution in [1.29, 1.82) is 0 Å². The number of rotatable bonds is 5. The molecule has 1 atom stereocenters. The zero-order valence-corrected chi connectivity index (χ0v) is 6.78. The molecule has 0 aliphatic heterocycles. The second-order valence-corrected chi connectivity index (χ2v) is 2.32. The van der Waals surface area contributed by atoms with E-state index < -0.39 is 0 Å². The summed E-state index contributed by atoms with van der Waals surface area (Å²) in [7, 11) is 2.09. The van der Waals surface area contributed by atoms with Crippen LogP contribution in [0.3, 0.4) is 0 Å². The van der Waals surface area contributed by atoms with Gasteiger partial charge in [0, 0.05) is 0 Å². The van der Waals surface area contributed by atoms with Crippen molar-refractivity contribution in [3.8, 4) is 0 Å². The Kier molecular flexibility index (Phi) is 5.99. The molecule has 0 fully saturated rings. The maximum Gasteiger partial charge on any atom is 0.0652 e. The average molecular weight is 130 g/mol. The Labute approximate surface area is 58.2 Å². The van der Waals surface area contributed by atoms with Crippen LogP contribution in [0, 0.1) is 0 Å². The van der Waals surface area contributed by atoms with E-state index in [0.29, 0.717) is 0 Å². The highest BCUT2D eigenvalue weighted by molar-refractivity contribution is 4.57. The predicted molar refractivity (Wildman–Crippen MR) is 40.6 cm³/mol. The first-order valence-electron chi connectivity index (χ1n) is 3.81. The molecule has 1 unspecified atom stereocenters. The predicted octanol–water partition coefficient (Wildman–Crippen LogP) is 0.610. The summed E-state index contributed by atoms with van der Waals surface area (Å²) in [6.07, 6.45) is 2.48. The molecule has 0 saturated carbocycles. The molecule has 9 heavy (non-hydrogen) atoms. The molecule has 0 radical (unpaired) electrons. The van der Waals surface area contributed by atoms with Crippen molar-refractivity contribution < 1.29 is 5.01 Å². The third-order valence-corrected chi connectivity index (χ3v) is 1.41. The molecule has 0 aliphatic rings. The minimum absolute atomic E-state index is 1.02. The fraction of sp³-hybridized carbons (Fsp3) is 1.00. The number of nitrogens with zero attached hydrogens (tertiary/aromatic N) is 1. The Balaban J connectivity index is 2.88. The minimum atomic E-state index is 1.02. The summed E-state index contributed by atoms with van der Waals surface area (Å²) in [6.45, 7) is 6.46. The van der Waals surface area contributed by atoms with Gasteiger partial charge in [0.2, 0.25) is 0 Å². The summed E-state index contributed by atoms with van der Waals surface area (Å²) < 4.78 is 0. The van der Waals surface area contributed by atoms with Crippen LogP contribution < -0.4 is 5.01 Å². The molecular formula is C7H18N2. The van der Waals surface area contributed by atoms with Crippen LogP contribution in [-0.2, 0) is 0 Å². The van der Waals surface area contributed by atoms with Crippen LogP contribution in [-0.4, -0.2) is 20.1 Å². The molecule has 0 amide bonds. The summed E-state index contributed by atoms with van der Waals surface area (Å²) in [5, 5.41) is 1.28. The van der Waals surface area contributed by atoms with Gasteiger partial charge in [-0.25, -0.2) is 0 Å². The average Bonchev–Trinajstić information content (AvgIpc) is 1.89. The number of nitrogens with one attached hydrogen (secondary N) is 1. The van der Waals surface area contributed by atoms with E-state index in [0.717, 1.165) is 13.1 Å². The van der Waals surface area contributed by atoms with Crippen LogP contribution in [0.1, 0.15) is 26.7 Å². The molecule has 0 heterocycles. The van der Waals surface area contributed by atoms with Crippen molar-refractivity contribution >= 4 is 0 Å². The summed E-state index contributed by atoms with van der Waals surface area (Å²) in [5.74, 6) is 0. The SMILES string of the molecule is CCCC[N-][NH+](C)CC. The van der Waals surface area contributed by atoms with Gasteiger partial charge in [0.25, 0.3) is 0 Å². The molecule has 0 aromatic rings. The number of hydrogen-bond acceptors (Lipinski definition) is 0. The van der Waals surface area contributed by atoms with Crippen molar-refractivity contribution in [1.82, 2.24) is 0 Å². The van der Waals surface area contributed by atoms with Gasteiger partial charge in [-0.2, -0.15) is 0 Å². The van der Waals surface area contributed by atoms with Crippen LogP contribution in [0.5, 0.6) is 0 Å². The van der Waals surface area contributed by atoms with Crippen LogP contribution in [0.15, 0.2) is 0 Å². The smallest absolute Gasteiger partial charge is 0.0652 e. The van der Waals surface area contributed by atoms with E-state index in [1.807, 2.05) is 0 Å². The van der Waals surface area contributed by atoms with Crippen molar-refractivity contribution in [3.05, 3.63) is 5.43 Å². The normalized spacial score (nSPS) is 13.7. The highest BCUT2D eigenvalue weighted by Gasteiger charge is 1.81. The monoisotopic (exact) mass is 130 g/mol. The Hall–Kier alpha value is -0.0800. The molecule has 2 nitrogen and oxygen atoms in total. The molecule has 0 aromatic carbocycles.